The maximum Gasteiger partial charge on any atom is 0.116 e. The fraction of sp³-hybridized carbons (Fsp3) is 0.0833. The predicted octanol–water partition coefficient (Wildman–Crippen LogP) is 2.35. The van der Waals surface area contributed by atoms with Crippen LogP contribution in [0.25, 0.3) is 17.0 Å². The van der Waals surface area contributed by atoms with Gasteiger partial charge in [0.1, 0.15) is 12.0 Å². The second kappa shape index (κ2) is 3.04. The lowest BCUT2D eigenvalue weighted by atomic mass is 9.92. The van der Waals surface area contributed by atoms with E-state index in [9.17, 15) is 0 Å². The highest BCUT2D eigenvalue weighted by Gasteiger charge is 2.21. The van der Waals surface area contributed by atoms with Crippen LogP contribution in [0.15, 0.2) is 45.8 Å². The van der Waals surface area contributed by atoms with Gasteiger partial charge in [0.2, 0.25) is 0 Å². The summed E-state index contributed by atoms with van der Waals surface area (Å²) in [6.07, 6.45) is 6.17. The van der Waals surface area contributed by atoms with Gasteiger partial charge in [-0.25, -0.2) is 9.97 Å². The zero-order valence-corrected chi connectivity index (χ0v) is 8.83. The van der Waals surface area contributed by atoms with Crippen molar-refractivity contribution in [3.05, 3.63) is 41.5 Å². The molecule has 1 aliphatic carbocycles. The van der Waals surface area contributed by atoms with Crippen LogP contribution in [0.4, 0.5) is 0 Å². The monoisotopic (exact) mass is 221 g/mol. The summed E-state index contributed by atoms with van der Waals surface area (Å²) >= 11 is 0. The van der Waals surface area contributed by atoms with E-state index >= 15 is 0 Å². The number of fused-ring (bicyclic) bond motifs is 4. The lowest BCUT2D eigenvalue weighted by Crippen LogP contribution is -2.09. The van der Waals surface area contributed by atoms with E-state index in [-0.39, 0.29) is 0 Å². The fourth-order valence-corrected chi connectivity index (χ4v) is 2.22. The van der Waals surface area contributed by atoms with Crippen molar-refractivity contribution in [2.24, 2.45) is 15.4 Å². The molecule has 0 saturated carbocycles. The van der Waals surface area contributed by atoms with Gasteiger partial charge in [0, 0.05) is 23.6 Å². The zero-order chi connectivity index (χ0) is 11.2. The number of hydrogen-bond acceptors (Lipinski definition) is 5. The number of aromatic nitrogens is 2. The first-order valence-electron chi connectivity index (χ1n) is 5.33. The summed E-state index contributed by atoms with van der Waals surface area (Å²) in [6.45, 7) is 0. The van der Waals surface area contributed by atoms with Gasteiger partial charge in [0.15, 0.2) is 0 Å². The highest BCUT2D eigenvalue weighted by Crippen LogP contribution is 2.30. The summed E-state index contributed by atoms with van der Waals surface area (Å²) in [4.78, 5) is 8.37. The van der Waals surface area contributed by atoms with Crippen molar-refractivity contribution >= 4 is 22.7 Å². The molecular formula is C12H7N5. The molecule has 0 bridgehead atoms. The van der Waals surface area contributed by atoms with E-state index in [1.165, 1.54) is 5.56 Å². The van der Waals surface area contributed by atoms with Crippen LogP contribution in [0.2, 0.25) is 0 Å². The van der Waals surface area contributed by atoms with Crippen LogP contribution in [0.5, 0.6) is 0 Å². The van der Waals surface area contributed by atoms with Gasteiger partial charge in [-0.2, -0.15) is 0 Å². The second-order valence-electron chi connectivity index (χ2n) is 4.04. The predicted molar refractivity (Wildman–Crippen MR) is 63.5 cm³/mol. The van der Waals surface area contributed by atoms with Crippen molar-refractivity contribution in [1.29, 1.82) is 0 Å². The van der Waals surface area contributed by atoms with E-state index in [0.717, 1.165) is 34.3 Å². The van der Waals surface area contributed by atoms with Crippen molar-refractivity contribution in [3.63, 3.8) is 0 Å². The molecule has 1 aromatic carbocycles. The van der Waals surface area contributed by atoms with E-state index in [0.29, 0.717) is 0 Å². The van der Waals surface area contributed by atoms with Crippen LogP contribution in [0.1, 0.15) is 11.1 Å². The number of nitrogens with zero attached hydrogens (tertiary/aromatic N) is 5. The molecule has 17 heavy (non-hydrogen) atoms. The molecule has 2 aromatic rings. The molecule has 0 N–H and O–H groups in total. The van der Waals surface area contributed by atoms with Crippen LogP contribution in [0, 0.1) is 0 Å². The van der Waals surface area contributed by atoms with Crippen molar-refractivity contribution in [2.75, 3.05) is 0 Å². The van der Waals surface area contributed by atoms with Gasteiger partial charge in [-0.3, -0.25) is 0 Å². The third kappa shape index (κ3) is 1.16. The van der Waals surface area contributed by atoms with Gasteiger partial charge >= 0.3 is 0 Å². The minimum Gasteiger partial charge on any atom is -0.244 e. The van der Waals surface area contributed by atoms with E-state index in [4.69, 9.17) is 0 Å². The number of rotatable bonds is 0. The Morgan fingerprint density at radius 3 is 3.18 bits per heavy atom. The van der Waals surface area contributed by atoms with Crippen LogP contribution < -0.4 is 0 Å². The Hall–Kier alpha value is -2.43. The quantitative estimate of drug-likeness (QED) is 0.685. The summed E-state index contributed by atoms with van der Waals surface area (Å²) in [7, 11) is 0. The van der Waals surface area contributed by atoms with E-state index in [1.807, 2.05) is 18.3 Å². The Morgan fingerprint density at radius 1 is 1.18 bits per heavy atom. The molecule has 0 atom stereocenters. The lowest BCUT2D eigenvalue weighted by Gasteiger charge is -2.13. The van der Waals surface area contributed by atoms with Gasteiger partial charge in [-0.15, -0.1) is 10.2 Å². The summed E-state index contributed by atoms with van der Waals surface area (Å²) in [5.74, 6) is 0. The molecule has 80 valence electrons. The van der Waals surface area contributed by atoms with Crippen molar-refractivity contribution < 1.29 is 0 Å². The second-order valence-corrected chi connectivity index (χ2v) is 4.04. The Morgan fingerprint density at radius 2 is 2.18 bits per heavy atom. The van der Waals surface area contributed by atoms with Crippen molar-refractivity contribution in [2.45, 2.75) is 6.42 Å². The maximum absolute atomic E-state index is 4.34. The SMILES string of the molecule is C1=C2N=NN=C2Cc2ccc3cncnc3c21. The van der Waals surface area contributed by atoms with Gasteiger partial charge in [0.25, 0.3) is 0 Å². The first-order valence-corrected chi connectivity index (χ1v) is 5.33. The minimum atomic E-state index is 0.772. The molecule has 0 amide bonds. The van der Waals surface area contributed by atoms with Crippen LogP contribution in [-0.2, 0) is 6.42 Å². The van der Waals surface area contributed by atoms with Crippen LogP contribution in [0.3, 0.4) is 0 Å². The molecule has 0 spiro atoms. The molecule has 5 heteroatoms. The van der Waals surface area contributed by atoms with Gasteiger partial charge in [-0.1, -0.05) is 12.1 Å². The van der Waals surface area contributed by atoms with Crippen molar-refractivity contribution in [1.82, 2.24) is 9.97 Å². The molecule has 1 aromatic heterocycles. The van der Waals surface area contributed by atoms with Crippen LogP contribution in [-0.4, -0.2) is 15.7 Å². The molecule has 0 unspecified atom stereocenters. The van der Waals surface area contributed by atoms with Gasteiger partial charge < -0.3 is 0 Å². The number of benzene rings is 1. The summed E-state index contributed by atoms with van der Waals surface area (Å²) in [5.41, 5.74) is 5.08. The van der Waals surface area contributed by atoms with Gasteiger partial charge in [-0.05, 0) is 16.9 Å². The Balaban J connectivity index is 2.08. The molecule has 0 saturated heterocycles. The molecule has 4 rings (SSSR count). The van der Waals surface area contributed by atoms with Crippen molar-refractivity contribution in [3.8, 4) is 0 Å². The third-order valence-electron chi connectivity index (χ3n) is 3.06. The Bertz CT molecular complexity index is 727. The lowest BCUT2D eigenvalue weighted by molar-refractivity contribution is 1.10. The fourth-order valence-electron chi connectivity index (χ4n) is 2.22. The molecular weight excluding hydrogens is 214 g/mol. The normalized spacial score (nSPS) is 16.5. The van der Waals surface area contributed by atoms with E-state index < -0.39 is 0 Å². The molecule has 2 heterocycles. The molecule has 1 aliphatic heterocycles. The first-order chi connectivity index (χ1) is 8.42. The summed E-state index contributed by atoms with van der Waals surface area (Å²) < 4.78 is 0. The number of allylic oxidation sites excluding steroid dienone is 1. The molecule has 0 radical (unpaired) electrons. The Labute approximate surface area is 96.6 Å². The summed E-state index contributed by atoms with van der Waals surface area (Å²) in [5, 5.41) is 12.8. The van der Waals surface area contributed by atoms with E-state index in [2.05, 4.69) is 31.5 Å². The highest BCUT2D eigenvalue weighted by molar-refractivity contribution is 6.10. The third-order valence-corrected chi connectivity index (χ3v) is 3.06. The average molecular weight is 221 g/mol. The smallest absolute Gasteiger partial charge is 0.116 e. The minimum absolute atomic E-state index is 0.772. The highest BCUT2D eigenvalue weighted by atomic mass is 15.4. The number of hydrogen-bond donors (Lipinski definition) is 0. The molecule has 2 aliphatic rings. The van der Waals surface area contributed by atoms with Crippen LogP contribution >= 0.6 is 0 Å². The van der Waals surface area contributed by atoms with Gasteiger partial charge in [0.05, 0.1) is 11.2 Å². The molecule has 5 nitrogen and oxygen atoms in total. The maximum atomic E-state index is 4.34. The zero-order valence-electron chi connectivity index (χ0n) is 8.83. The molecule has 0 fully saturated rings. The topological polar surface area (TPSA) is 62.9 Å². The Kier molecular flexibility index (Phi) is 1.55. The summed E-state index contributed by atoms with van der Waals surface area (Å²) in [6, 6.07) is 4.13. The first kappa shape index (κ1) is 8.69. The largest absolute Gasteiger partial charge is 0.244 e. The van der Waals surface area contributed by atoms with E-state index in [1.54, 1.807) is 6.33 Å². The standard InChI is InChI=1S/C12H7N5/c1-2-8-5-13-6-14-12(8)9-4-11-10(3-7(1)9)15-17-16-11/h1-2,4-6H,3H2. The average Bonchev–Trinajstić information content (AvgIpc) is 2.83.